The van der Waals surface area contributed by atoms with Crippen LogP contribution in [0.4, 0.5) is 0 Å². The summed E-state index contributed by atoms with van der Waals surface area (Å²) >= 11 is 0. The highest BCUT2D eigenvalue weighted by Crippen LogP contribution is 2.48. The second-order valence-corrected chi connectivity index (χ2v) is 15.4. The Morgan fingerprint density at radius 2 is 0.903 bits per heavy atom. The van der Waals surface area contributed by atoms with Gasteiger partial charge in [-0.15, -0.1) is 0 Å². The summed E-state index contributed by atoms with van der Waals surface area (Å²) in [6, 6.07) is 61.9. The quantitative estimate of drug-likeness (QED) is 0.176. The Bertz CT molecular complexity index is 2930. The summed E-state index contributed by atoms with van der Waals surface area (Å²) in [5.41, 5.74) is 12.2. The smallest absolute Gasteiger partial charge is 0.127 e. The molecule has 2 atom stereocenters. The van der Waals surface area contributed by atoms with Crippen LogP contribution in [0.1, 0.15) is 66.8 Å². The molecule has 8 aromatic rings. The minimum absolute atomic E-state index is 0.104. The van der Waals surface area contributed by atoms with E-state index in [-0.39, 0.29) is 6.61 Å². The Morgan fingerprint density at radius 3 is 1.39 bits per heavy atom. The lowest BCUT2D eigenvalue weighted by molar-refractivity contribution is 0.350. The van der Waals surface area contributed by atoms with Crippen molar-refractivity contribution < 1.29 is 9.84 Å². The van der Waals surface area contributed by atoms with E-state index in [4.69, 9.17) is 14.7 Å². The van der Waals surface area contributed by atoms with Gasteiger partial charge in [0.15, 0.2) is 0 Å². The predicted molar refractivity (Wildman–Crippen MR) is 249 cm³/mol. The van der Waals surface area contributed by atoms with Gasteiger partial charge in [-0.2, -0.15) is 0 Å². The van der Waals surface area contributed by atoms with E-state index in [1.165, 1.54) is 0 Å². The van der Waals surface area contributed by atoms with Gasteiger partial charge in [-0.25, -0.2) is 0 Å². The molecule has 2 unspecified atom stereocenters. The zero-order chi connectivity index (χ0) is 41.9. The maximum Gasteiger partial charge on any atom is 0.127 e. The van der Waals surface area contributed by atoms with Gasteiger partial charge in [0.2, 0.25) is 0 Å². The maximum atomic E-state index is 10.7. The molecule has 0 aliphatic heterocycles. The number of pyridine rings is 2. The molecule has 62 heavy (non-hydrogen) atoms. The van der Waals surface area contributed by atoms with Crippen LogP contribution in [-0.4, -0.2) is 28.8 Å². The first-order valence-corrected chi connectivity index (χ1v) is 20.7. The number of aliphatic hydroxyl groups is 1. The van der Waals surface area contributed by atoms with Crippen LogP contribution in [0.3, 0.4) is 0 Å². The molecule has 10 rings (SSSR count). The summed E-state index contributed by atoms with van der Waals surface area (Å²) in [7, 11) is 1.72. The van der Waals surface area contributed by atoms with Gasteiger partial charge in [0.05, 0.1) is 25.1 Å². The lowest BCUT2D eigenvalue weighted by Gasteiger charge is -2.32. The average Bonchev–Trinajstić information content (AvgIpc) is 3.55. The van der Waals surface area contributed by atoms with Crippen molar-refractivity contribution in [2.45, 2.75) is 10.8 Å². The normalized spacial score (nSPS) is 17.0. The molecule has 2 aliphatic rings. The van der Waals surface area contributed by atoms with E-state index >= 15 is 0 Å². The minimum atomic E-state index is -0.918. The zero-order valence-electron chi connectivity index (χ0n) is 34.1. The van der Waals surface area contributed by atoms with Gasteiger partial charge in [-0.1, -0.05) is 169 Å². The molecular weight excluding hydrogens is 757 g/mol. The highest BCUT2D eigenvalue weighted by molar-refractivity contribution is 5.90. The van der Waals surface area contributed by atoms with Crippen LogP contribution in [-0.2, 0) is 15.6 Å². The Morgan fingerprint density at radius 1 is 0.468 bits per heavy atom. The predicted octanol–water partition coefficient (Wildman–Crippen LogP) is 11.2. The molecule has 0 bridgehead atoms. The van der Waals surface area contributed by atoms with E-state index in [9.17, 15) is 5.11 Å². The van der Waals surface area contributed by atoms with Gasteiger partial charge >= 0.3 is 0 Å². The Balaban J connectivity index is 1.13. The van der Waals surface area contributed by atoms with Gasteiger partial charge in [0.25, 0.3) is 0 Å². The summed E-state index contributed by atoms with van der Waals surface area (Å²) in [6.45, 7) is -0.104. The standard InChI is InChI=1S/C58H40N2O2/c1-62-56-37-44-21-9-13-25-51(44)58(53-27-15-11-23-49(53)56,35-33-42-18-6-3-7-19-42)47-29-31-55(60-39-47)54-30-28-46(38-59-54)57(34-32-41-16-4-2-5-17-41)50-24-12-8-20-43(50)36-45(40-61)48-22-10-14-26-52(48)57/h2-31,36-39,61H,40H2,1H3. The van der Waals surface area contributed by atoms with E-state index in [1.54, 1.807) is 7.11 Å². The third-order valence-corrected chi connectivity index (χ3v) is 12.0. The van der Waals surface area contributed by atoms with Crippen molar-refractivity contribution in [3.63, 3.8) is 0 Å². The largest absolute Gasteiger partial charge is 0.496 e. The summed E-state index contributed by atoms with van der Waals surface area (Å²) < 4.78 is 6.05. The van der Waals surface area contributed by atoms with Crippen LogP contribution in [0.5, 0.6) is 0 Å². The van der Waals surface area contributed by atoms with Crippen molar-refractivity contribution in [3.8, 4) is 35.1 Å². The van der Waals surface area contributed by atoms with Gasteiger partial charge in [0.1, 0.15) is 16.6 Å². The summed E-state index contributed by atoms with van der Waals surface area (Å²) in [5, 5.41) is 10.7. The Hall–Kier alpha value is -8.02. The van der Waals surface area contributed by atoms with E-state index in [2.05, 4.69) is 121 Å². The van der Waals surface area contributed by atoms with Crippen molar-refractivity contribution in [1.29, 1.82) is 0 Å². The minimum Gasteiger partial charge on any atom is -0.496 e. The Labute approximate surface area is 362 Å². The molecule has 294 valence electrons. The van der Waals surface area contributed by atoms with Crippen molar-refractivity contribution in [2.75, 3.05) is 13.7 Å². The third kappa shape index (κ3) is 6.52. The second-order valence-electron chi connectivity index (χ2n) is 15.4. The van der Waals surface area contributed by atoms with E-state index in [0.29, 0.717) is 0 Å². The molecule has 4 heteroatoms. The lowest BCUT2D eigenvalue weighted by atomic mass is 9.68. The topological polar surface area (TPSA) is 55.2 Å². The molecule has 2 heterocycles. The Kier molecular flexibility index (Phi) is 9.99. The average molecular weight is 797 g/mol. The molecule has 4 nitrogen and oxygen atoms in total. The molecule has 0 fully saturated rings. The van der Waals surface area contributed by atoms with Crippen LogP contribution < -0.4 is 0 Å². The van der Waals surface area contributed by atoms with Crippen LogP contribution in [0, 0.1) is 23.7 Å². The number of rotatable bonds is 5. The molecule has 0 saturated carbocycles. The highest BCUT2D eigenvalue weighted by Gasteiger charge is 2.42. The number of nitrogens with zero attached hydrogens (tertiary/aromatic N) is 2. The first-order chi connectivity index (χ1) is 30.6. The second kappa shape index (κ2) is 16.2. The van der Waals surface area contributed by atoms with Gasteiger partial charge in [-0.05, 0) is 104 Å². The molecular formula is C58H40N2O2. The van der Waals surface area contributed by atoms with E-state index < -0.39 is 10.8 Å². The fourth-order valence-corrected chi connectivity index (χ4v) is 9.06. The number of methoxy groups -OCH3 is 1. The number of fused-ring (bicyclic) bond motifs is 4. The number of aliphatic hydroxyl groups excluding tert-OH is 1. The summed E-state index contributed by atoms with van der Waals surface area (Å²) in [5.74, 6) is 15.4. The number of aromatic nitrogens is 2. The number of benzene rings is 6. The SMILES string of the molecule is COC1=Cc2ccccc2C(C#Cc2ccccc2)(c2ccc(-c3ccc(C4(C#Cc5ccccc5)c5ccccc5C=C(CO)c5ccccc54)cn3)nc2)c2ccccc21. The van der Waals surface area contributed by atoms with Crippen molar-refractivity contribution >= 4 is 23.5 Å². The molecule has 0 saturated heterocycles. The zero-order valence-corrected chi connectivity index (χ0v) is 34.1. The van der Waals surface area contributed by atoms with Gasteiger partial charge < -0.3 is 9.84 Å². The number of hydrogen-bond donors (Lipinski definition) is 1. The van der Waals surface area contributed by atoms with Gasteiger partial charge in [0, 0.05) is 29.1 Å². The fourth-order valence-electron chi connectivity index (χ4n) is 9.06. The first-order valence-electron chi connectivity index (χ1n) is 20.7. The summed E-state index contributed by atoms with van der Waals surface area (Å²) in [6.07, 6.45) is 8.07. The van der Waals surface area contributed by atoms with Crippen molar-refractivity contribution in [3.05, 3.63) is 261 Å². The molecule has 0 radical (unpaired) electrons. The maximum absolute atomic E-state index is 10.7. The van der Waals surface area contributed by atoms with Crippen LogP contribution in [0.15, 0.2) is 194 Å². The molecule has 6 aromatic carbocycles. The molecule has 2 aliphatic carbocycles. The first kappa shape index (κ1) is 38.2. The summed E-state index contributed by atoms with van der Waals surface area (Å²) in [4.78, 5) is 10.3. The molecule has 0 spiro atoms. The number of hydrogen-bond acceptors (Lipinski definition) is 4. The molecule has 2 aromatic heterocycles. The monoisotopic (exact) mass is 796 g/mol. The third-order valence-electron chi connectivity index (χ3n) is 12.0. The molecule has 1 N–H and O–H groups in total. The number of ether oxygens (including phenoxy) is 1. The molecule has 0 amide bonds. The van der Waals surface area contributed by atoms with E-state index in [0.717, 1.165) is 89.5 Å². The fraction of sp³-hybridized carbons (Fsp3) is 0.0690. The van der Waals surface area contributed by atoms with Crippen LogP contribution >= 0.6 is 0 Å². The van der Waals surface area contributed by atoms with Crippen LogP contribution in [0.2, 0.25) is 0 Å². The van der Waals surface area contributed by atoms with Gasteiger partial charge in [-0.3, -0.25) is 9.97 Å². The van der Waals surface area contributed by atoms with Crippen LogP contribution in [0.25, 0.3) is 34.9 Å². The van der Waals surface area contributed by atoms with E-state index in [1.807, 2.05) is 109 Å². The lowest BCUT2D eigenvalue weighted by Crippen LogP contribution is -2.30. The highest BCUT2D eigenvalue weighted by atomic mass is 16.5. The van der Waals surface area contributed by atoms with Crippen molar-refractivity contribution in [1.82, 2.24) is 9.97 Å². The van der Waals surface area contributed by atoms with Crippen molar-refractivity contribution in [2.24, 2.45) is 0 Å².